The molecule has 0 unspecified atom stereocenters. The fraction of sp³-hybridized carbons (Fsp3) is 0.333. The standard InChI is InChI=1S/C24H22ClF3N6O4/c25-18-7-19-21(31-20(18)13-2-1-3-14(6-13)24(26,27)28)34(15-4-5-33(19)10-15)23(37)32-22-29-8-17(9-30-22)38-12-16(36)11-35/h1-3,6-9,15-16,35-36H,4-5,10-12H2,(H,29,30,32,37)/t15-,16+/m0/s1. The van der Waals surface area contributed by atoms with Crippen LogP contribution in [-0.2, 0) is 6.18 Å². The molecule has 10 nitrogen and oxygen atoms in total. The maximum atomic E-state index is 13.4. The third-order valence-corrected chi connectivity index (χ3v) is 6.50. The Hall–Kier alpha value is -3.68. The fourth-order valence-corrected chi connectivity index (χ4v) is 4.64. The second-order valence-corrected chi connectivity index (χ2v) is 9.23. The summed E-state index contributed by atoms with van der Waals surface area (Å²) < 4.78 is 45.2. The molecule has 3 aromatic rings. The number of aromatic nitrogens is 3. The Morgan fingerprint density at radius 1 is 1.26 bits per heavy atom. The second kappa shape index (κ2) is 10.2. The summed E-state index contributed by atoms with van der Waals surface area (Å²) in [5, 5.41) is 21.0. The molecule has 1 saturated heterocycles. The van der Waals surface area contributed by atoms with Crippen molar-refractivity contribution in [3.8, 4) is 17.0 Å². The number of aliphatic hydroxyl groups is 2. The summed E-state index contributed by atoms with van der Waals surface area (Å²) in [5.74, 6) is 0.484. The van der Waals surface area contributed by atoms with Gasteiger partial charge in [-0.2, -0.15) is 13.2 Å². The van der Waals surface area contributed by atoms with Gasteiger partial charge in [0, 0.05) is 18.7 Å². The van der Waals surface area contributed by atoms with Gasteiger partial charge in [-0.05, 0) is 24.6 Å². The fourth-order valence-electron chi connectivity index (χ4n) is 4.39. The normalized spacial score (nSPS) is 17.3. The zero-order valence-corrected chi connectivity index (χ0v) is 20.4. The summed E-state index contributed by atoms with van der Waals surface area (Å²) in [7, 11) is 0. The van der Waals surface area contributed by atoms with Crippen molar-refractivity contribution < 1.29 is 32.9 Å². The average Bonchev–Trinajstić information content (AvgIpc) is 3.32. The number of carbonyl (C=O) groups excluding carboxylic acids is 1. The van der Waals surface area contributed by atoms with Crippen molar-refractivity contribution in [3.63, 3.8) is 0 Å². The number of fused-ring (bicyclic) bond motifs is 4. The number of alkyl halides is 3. The topological polar surface area (TPSA) is 124 Å². The van der Waals surface area contributed by atoms with Crippen molar-refractivity contribution in [2.24, 2.45) is 0 Å². The van der Waals surface area contributed by atoms with E-state index in [9.17, 15) is 23.1 Å². The Morgan fingerprint density at radius 2 is 2.03 bits per heavy atom. The summed E-state index contributed by atoms with van der Waals surface area (Å²) in [6.45, 7) is 0.586. The van der Waals surface area contributed by atoms with Gasteiger partial charge in [0.1, 0.15) is 12.7 Å². The van der Waals surface area contributed by atoms with Gasteiger partial charge in [-0.25, -0.2) is 19.7 Å². The molecule has 200 valence electrons. The molecule has 14 heteroatoms. The van der Waals surface area contributed by atoms with Crippen molar-refractivity contribution in [3.05, 3.63) is 53.3 Å². The maximum Gasteiger partial charge on any atom is 0.416 e. The Kier molecular flexibility index (Phi) is 6.99. The zero-order valence-electron chi connectivity index (χ0n) is 19.7. The van der Waals surface area contributed by atoms with E-state index in [0.29, 0.717) is 25.2 Å². The van der Waals surface area contributed by atoms with Crippen molar-refractivity contribution in [1.82, 2.24) is 15.0 Å². The monoisotopic (exact) mass is 550 g/mol. The first kappa shape index (κ1) is 25.9. The number of hydrogen-bond acceptors (Lipinski definition) is 8. The molecular formula is C24H22ClF3N6O4. The van der Waals surface area contributed by atoms with Gasteiger partial charge in [-0.3, -0.25) is 10.2 Å². The van der Waals surface area contributed by atoms with Gasteiger partial charge >= 0.3 is 12.2 Å². The smallest absolute Gasteiger partial charge is 0.416 e. The molecule has 2 bridgehead atoms. The van der Waals surface area contributed by atoms with Crippen molar-refractivity contribution in [1.29, 1.82) is 0 Å². The predicted octanol–water partition coefficient (Wildman–Crippen LogP) is 3.57. The number of amides is 2. The molecule has 0 spiro atoms. The number of ether oxygens (including phenoxy) is 1. The van der Waals surface area contributed by atoms with Gasteiger partial charge in [0.15, 0.2) is 11.6 Å². The molecule has 0 radical (unpaired) electrons. The molecule has 4 heterocycles. The first-order valence-corrected chi connectivity index (χ1v) is 12.0. The molecule has 0 aliphatic carbocycles. The van der Waals surface area contributed by atoms with E-state index in [1.54, 1.807) is 6.07 Å². The molecule has 1 aromatic carbocycles. The quantitative estimate of drug-likeness (QED) is 0.425. The summed E-state index contributed by atoms with van der Waals surface area (Å²) >= 11 is 6.47. The number of rotatable bonds is 6. The van der Waals surface area contributed by atoms with Crippen molar-refractivity contribution in [2.45, 2.75) is 24.7 Å². The predicted molar refractivity (Wildman–Crippen MR) is 132 cm³/mol. The first-order valence-electron chi connectivity index (χ1n) is 11.6. The molecule has 1 fully saturated rings. The molecule has 2 aromatic heterocycles. The van der Waals surface area contributed by atoms with Crippen LogP contribution in [0.3, 0.4) is 0 Å². The number of anilines is 3. The minimum atomic E-state index is -4.54. The molecule has 5 rings (SSSR count). The zero-order chi connectivity index (χ0) is 27.0. The van der Waals surface area contributed by atoms with Crippen LogP contribution in [0.1, 0.15) is 12.0 Å². The molecule has 38 heavy (non-hydrogen) atoms. The van der Waals surface area contributed by atoms with E-state index in [0.717, 1.165) is 12.1 Å². The lowest BCUT2D eigenvalue weighted by Gasteiger charge is -2.36. The van der Waals surface area contributed by atoms with Gasteiger partial charge < -0.3 is 19.8 Å². The Labute approximate surface area is 219 Å². The summed E-state index contributed by atoms with van der Waals surface area (Å²) in [5.41, 5.74) is 0.0620. The molecule has 2 aliphatic rings. The molecule has 3 N–H and O–H groups in total. The van der Waals surface area contributed by atoms with Gasteiger partial charge in [-0.1, -0.05) is 23.7 Å². The number of nitrogens with one attached hydrogen (secondary N) is 1. The van der Waals surface area contributed by atoms with E-state index in [1.165, 1.54) is 29.4 Å². The Bertz CT molecular complexity index is 1340. The minimum Gasteiger partial charge on any atom is -0.488 e. The minimum absolute atomic E-state index is 0.0147. The second-order valence-electron chi connectivity index (χ2n) is 8.82. The van der Waals surface area contributed by atoms with Crippen LogP contribution >= 0.6 is 11.6 Å². The van der Waals surface area contributed by atoms with E-state index in [4.69, 9.17) is 21.4 Å². The van der Waals surface area contributed by atoms with Gasteiger partial charge in [0.25, 0.3) is 0 Å². The number of nitrogens with zero attached hydrogens (tertiary/aromatic N) is 5. The molecule has 2 amide bonds. The highest BCUT2D eigenvalue weighted by atomic mass is 35.5. The molecule has 2 aliphatic heterocycles. The summed E-state index contributed by atoms with van der Waals surface area (Å²) in [6.07, 6.45) is -2.33. The number of benzene rings is 1. The number of pyridine rings is 1. The third-order valence-electron chi connectivity index (χ3n) is 6.22. The van der Waals surface area contributed by atoms with Gasteiger partial charge in [0.05, 0.1) is 47.0 Å². The Balaban J connectivity index is 1.43. The van der Waals surface area contributed by atoms with Crippen molar-refractivity contribution >= 4 is 35.1 Å². The Morgan fingerprint density at radius 3 is 2.74 bits per heavy atom. The number of carbonyl (C=O) groups is 1. The van der Waals surface area contributed by atoms with Gasteiger partial charge in [0.2, 0.25) is 5.95 Å². The van der Waals surface area contributed by atoms with Crippen LogP contribution in [0.5, 0.6) is 5.75 Å². The molecule has 2 atom stereocenters. The van der Waals surface area contributed by atoms with Crippen molar-refractivity contribution in [2.75, 3.05) is 41.4 Å². The molecular weight excluding hydrogens is 529 g/mol. The number of hydrogen-bond donors (Lipinski definition) is 3. The van der Waals surface area contributed by atoms with E-state index in [1.807, 2.05) is 4.90 Å². The third kappa shape index (κ3) is 5.17. The largest absolute Gasteiger partial charge is 0.488 e. The van der Waals surface area contributed by atoms with Crippen LogP contribution in [0.2, 0.25) is 5.02 Å². The number of halogens is 4. The van der Waals surface area contributed by atoms with Gasteiger partial charge in [-0.15, -0.1) is 0 Å². The average molecular weight is 551 g/mol. The maximum absolute atomic E-state index is 13.4. The molecule has 0 saturated carbocycles. The number of aliphatic hydroxyl groups excluding tert-OH is 2. The number of urea groups is 1. The van der Waals surface area contributed by atoms with Crippen LogP contribution < -0.4 is 19.9 Å². The highest BCUT2D eigenvalue weighted by molar-refractivity contribution is 6.33. The van der Waals surface area contributed by atoms with E-state index >= 15 is 0 Å². The van der Waals surface area contributed by atoms with E-state index in [-0.39, 0.29) is 46.4 Å². The van der Waals surface area contributed by atoms with Crippen LogP contribution in [-0.4, -0.2) is 69.6 Å². The lowest BCUT2D eigenvalue weighted by atomic mass is 10.1. The van der Waals surface area contributed by atoms with Crippen LogP contribution in [0.15, 0.2) is 42.7 Å². The van der Waals surface area contributed by atoms with E-state index < -0.39 is 30.5 Å². The van der Waals surface area contributed by atoms with Crippen LogP contribution in [0.4, 0.5) is 35.4 Å². The first-order chi connectivity index (χ1) is 18.1. The highest BCUT2D eigenvalue weighted by Crippen LogP contribution is 2.43. The SMILES string of the molecule is O=C(Nc1ncc(OC[C@H](O)CO)cn1)N1c2nc(-c3cccc(C(F)(F)F)c3)c(Cl)cc2N2CC[C@H]1C2. The lowest BCUT2D eigenvalue weighted by Crippen LogP contribution is -2.48. The van der Waals surface area contributed by atoms with E-state index in [2.05, 4.69) is 20.3 Å². The van der Waals surface area contributed by atoms with Crippen LogP contribution in [0.25, 0.3) is 11.3 Å². The van der Waals surface area contributed by atoms with Crippen LogP contribution in [0, 0.1) is 0 Å². The summed E-state index contributed by atoms with van der Waals surface area (Å²) in [4.78, 5) is 29.5. The summed E-state index contributed by atoms with van der Waals surface area (Å²) in [6, 6.07) is 5.52. The highest BCUT2D eigenvalue weighted by Gasteiger charge is 2.41. The lowest BCUT2D eigenvalue weighted by molar-refractivity contribution is -0.137.